The van der Waals surface area contributed by atoms with Gasteiger partial charge in [-0.1, -0.05) is 6.92 Å². The molecule has 0 fully saturated rings. The maximum Gasteiger partial charge on any atom is 0.310 e. The Morgan fingerprint density at radius 3 is 2.67 bits per heavy atom. The molecule has 0 aromatic carbocycles. The molecular formula is C13H18O5. The number of hydrogen-bond donors (Lipinski definition) is 0. The lowest BCUT2D eigenvalue weighted by Gasteiger charge is -2.14. The second-order valence-corrected chi connectivity index (χ2v) is 3.75. The van der Waals surface area contributed by atoms with Crippen LogP contribution in [-0.2, 0) is 19.1 Å². The fourth-order valence-corrected chi connectivity index (χ4v) is 1.47. The molecule has 100 valence electrons. The van der Waals surface area contributed by atoms with Crippen molar-refractivity contribution >= 4 is 11.9 Å². The average molecular weight is 254 g/mol. The van der Waals surface area contributed by atoms with Crippen LogP contribution in [0.1, 0.15) is 45.0 Å². The van der Waals surface area contributed by atoms with E-state index in [0.717, 1.165) is 0 Å². The fraction of sp³-hybridized carbons (Fsp3) is 0.538. The maximum absolute atomic E-state index is 11.5. The van der Waals surface area contributed by atoms with E-state index in [1.54, 1.807) is 19.1 Å². The Kier molecular flexibility index (Phi) is 5.97. The lowest BCUT2D eigenvalue weighted by atomic mass is 10.2. The van der Waals surface area contributed by atoms with Crippen LogP contribution in [0.3, 0.4) is 0 Å². The first-order valence-corrected chi connectivity index (χ1v) is 6.05. The molecule has 1 rings (SSSR count). The molecule has 1 atom stereocenters. The summed E-state index contributed by atoms with van der Waals surface area (Å²) in [6.45, 7) is 3.91. The summed E-state index contributed by atoms with van der Waals surface area (Å²) in [7, 11) is 0. The van der Waals surface area contributed by atoms with Gasteiger partial charge in [-0.3, -0.25) is 9.59 Å². The largest absolute Gasteiger partial charge is 0.466 e. The Balaban J connectivity index is 2.64. The fourth-order valence-electron chi connectivity index (χ4n) is 1.47. The van der Waals surface area contributed by atoms with Crippen molar-refractivity contribution in [2.45, 2.75) is 39.2 Å². The molecule has 0 N–H and O–H groups in total. The van der Waals surface area contributed by atoms with Crippen molar-refractivity contribution in [2.75, 3.05) is 6.61 Å². The summed E-state index contributed by atoms with van der Waals surface area (Å²) < 4.78 is 15.2. The van der Waals surface area contributed by atoms with Crippen molar-refractivity contribution in [3.05, 3.63) is 24.2 Å². The molecule has 0 amide bonds. The van der Waals surface area contributed by atoms with E-state index in [4.69, 9.17) is 13.9 Å². The molecular weight excluding hydrogens is 236 g/mol. The van der Waals surface area contributed by atoms with Crippen LogP contribution in [0.4, 0.5) is 0 Å². The SMILES string of the molecule is CCCC(=O)O[C@H](CC(=O)OCC)c1ccco1. The quantitative estimate of drug-likeness (QED) is 0.700. The van der Waals surface area contributed by atoms with Crippen LogP contribution in [0.5, 0.6) is 0 Å². The van der Waals surface area contributed by atoms with E-state index in [0.29, 0.717) is 25.2 Å². The number of hydrogen-bond acceptors (Lipinski definition) is 5. The molecule has 18 heavy (non-hydrogen) atoms. The summed E-state index contributed by atoms with van der Waals surface area (Å²) in [6.07, 6.45) is 1.75. The van der Waals surface area contributed by atoms with Gasteiger partial charge in [0.1, 0.15) is 5.76 Å². The van der Waals surface area contributed by atoms with Crippen molar-refractivity contribution in [3.8, 4) is 0 Å². The van der Waals surface area contributed by atoms with Crippen molar-refractivity contribution in [2.24, 2.45) is 0 Å². The predicted molar refractivity (Wildman–Crippen MR) is 63.7 cm³/mol. The van der Waals surface area contributed by atoms with E-state index in [2.05, 4.69) is 0 Å². The highest BCUT2D eigenvalue weighted by molar-refractivity contribution is 5.72. The third kappa shape index (κ3) is 4.61. The standard InChI is InChI=1S/C13H18O5/c1-3-6-12(14)18-11(9-13(15)16-4-2)10-7-5-8-17-10/h5,7-8,11H,3-4,6,9H2,1-2H3/t11-/m1/s1. The van der Waals surface area contributed by atoms with E-state index in [1.807, 2.05) is 6.92 Å². The highest BCUT2D eigenvalue weighted by atomic mass is 16.6. The van der Waals surface area contributed by atoms with Gasteiger partial charge in [0.05, 0.1) is 19.3 Å². The minimum atomic E-state index is -0.710. The predicted octanol–water partition coefficient (Wildman–Crippen LogP) is 2.62. The Morgan fingerprint density at radius 2 is 2.11 bits per heavy atom. The van der Waals surface area contributed by atoms with Gasteiger partial charge in [-0.2, -0.15) is 0 Å². The van der Waals surface area contributed by atoms with Crippen LogP contribution in [0.2, 0.25) is 0 Å². The molecule has 5 heteroatoms. The summed E-state index contributed by atoms with van der Waals surface area (Å²) >= 11 is 0. The molecule has 0 radical (unpaired) electrons. The number of carbonyl (C=O) groups excluding carboxylic acids is 2. The monoisotopic (exact) mass is 254 g/mol. The Morgan fingerprint density at radius 1 is 1.33 bits per heavy atom. The van der Waals surface area contributed by atoms with Gasteiger partial charge >= 0.3 is 11.9 Å². The van der Waals surface area contributed by atoms with Crippen LogP contribution in [-0.4, -0.2) is 18.5 Å². The number of ether oxygens (including phenoxy) is 2. The highest BCUT2D eigenvalue weighted by Crippen LogP contribution is 2.23. The molecule has 1 heterocycles. The molecule has 1 aromatic rings. The first-order chi connectivity index (χ1) is 8.67. The summed E-state index contributed by atoms with van der Waals surface area (Å²) in [5.74, 6) is -0.307. The first-order valence-electron chi connectivity index (χ1n) is 6.05. The Bertz CT molecular complexity index is 349. The van der Waals surface area contributed by atoms with Crippen LogP contribution >= 0.6 is 0 Å². The molecule has 0 aliphatic rings. The summed E-state index contributed by atoms with van der Waals surface area (Å²) in [5, 5.41) is 0. The molecule has 0 saturated carbocycles. The van der Waals surface area contributed by atoms with Gasteiger partial charge in [-0.15, -0.1) is 0 Å². The average Bonchev–Trinajstić information content (AvgIpc) is 2.82. The van der Waals surface area contributed by atoms with Gasteiger partial charge < -0.3 is 13.9 Å². The van der Waals surface area contributed by atoms with Crippen LogP contribution in [0.25, 0.3) is 0 Å². The number of rotatable bonds is 7. The smallest absolute Gasteiger partial charge is 0.310 e. The lowest BCUT2D eigenvalue weighted by Crippen LogP contribution is -2.16. The van der Waals surface area contributed by atoms with Crippen molar-refractivity contribution in [3.63, 3.8) is 0 Å². The third-order valence-corrected chi connectivity index (χ3v) is 2.25. The van der Waals surface area contributed by atoms with Crippen molar-refractivity contribution in [1.82, 2.24) is 0 Å². The van der Waals surface area contributed by atoms with Crippen LogP contribution < -0.4 is 0 Å². The van der Waals surface area contributed by atoms with E-state index < -0.39 is 12.1 Å². The van der Waals surface area contributed by atoms with Crippen LogP contribution in [0, 0.1) is 0 Å². The second-order valence-electron chi connectivity index (χ2n) is 3.75. The summed E-state index contributed by atoms with van der Waals surface area (Å²) in [5.41, 5.74) is 0. The highest BCUT2D eigenvalue weighted by Gasteiger charge is 2.23. The number of esters is 2. The van der Waals surface area contributed by atoms with Crippen molar-refractivity contribution < 1.29 is 23.5 Å². The molecule has 5 nitrogen and oxygen atoms in total. The second kappa shape index (κ2) is 7.53. The van der Waals surface area contributed by atoms with E-state index in [-0.39, 0.29) is 12.4 Å². The zero-order valence-corrected chi connectivity index (χ0v) is 10.7. The minimum Gasteiger partial charge on any atom is -0.466 e. The molecule has 0 aliphatic carbocycles. The summed E-state index contributed by atoms with van der Waals surface area (Å²) in [6, 6.07) is 3.35. The number of carbonyl (C=O) groups is 2. The molecule has 0 unspecified atom stereocenters. The van der Waals surface area contributed by atoms with Crippen LogP contribution in [0.15, 0.2) is 22.8 Å². The lowest BCUT2D eigenvalue weighted by molar-refractivity contribution is -0.156. The number of furan rings is 1. The molecule has 0 spiro atoms. The Labute approximate surface area is 106 Å². The zero-order valence-electron chi connectivity index (χ0n) is 10.7. The van der Waals surface area contributed by atoms with Gasteiger partial charge in [-0.25, -0.2) is 0 Å². The van der Waals surface area contributed by atoms with E-state index >= 15 is 0 Å². The van der Waals surface area contributed by atoms with Gasteiger partial charge in [0.15, 0.2) is 6.10 Å². The van der Waals surface area contributed by atoms with Gasteiger partial charge in [-0.05, 0) is 25.5 Å². The minimum absolute atomic E-state index is 0.0309. The normalized spacial score (nSPS) is 11.9. The molecule has 0 bridgehead atoms. The topological polar surface area (TPSA) is 65.7 Å². The van der Waals surface area contributed by atoms with Gasteiger partial charge in [0.25, 0.3) is 0 Å². The molecule has 1 aromatic heterocycles. The summed E-state index contributed by atoms with van der Waals surface area (Å²) in [4.78, 5) is 22.9. The zero-order chi connectivity index (χ0) is 13.4. The van der Waals surface area contributed by atoms with Gasteiger partial charge in [0, 0.05) is 6.42 Å². The first kappa shape index (κ1) is 14.3. The molecule has 0 aliphatic heterocycles. The maximum atomic E-state index is 11.5. The Hall–Kier alpha value is -1.78. The van der Waals surface area contributed by atoms with Crippen molar-refractivity contribution in [1.29, 1.82) is 0 Å². The van der Waals surface area contributed by atoms with E-state index in [9.17, 15) is 9.59 Å². The van der Waals surface area contributed by atoms with E-state index in [1.165, 1.54) is 6.26 Å². The third-order valence-electron chi connectivity index (χ3n) is 2.25. The van der Waals surface area contributed by atoms with Gasteiger partial charge in [0.2, 0.25) is 0 Å². The molecule has 0 saturated heterocycles.